The zero-order valence-electron chi connectivity index (χ0n) is 11.8. The van der Waals surface area contributed by atoms with Crippen LogP contribution < -0.4 is 0 Å². The van der Waals surface area contributed by atoms with Crippen LogP contribution in [0.2, 0.25) is 0 Å². The van der Waals surface area contributed by atoms with E-state index in [1.165, 1.54) is 13.1 Å². The Morgan fingerprint density at radius 1 is 1.10 bits per heavy atom. The normalized spacial score (nSPS) is 11.8. The molecule has 0 aliphatic rings. The predicted molar refractivity (Wildman–Crippen MR) is 83.3 cm³/mol. The van der Waals surface area contributed by atoms with Crippen LogP contribution in [-0.4, -0.2) is 26.0 Å². The zero-order valence-corrected chi connectivity index (χ0v) is 13.4. The quantitative estimate of drug-likeness (QED) is 0.791. The van der Waals surface area contributed by atoms with Gasteiger partial charge >= 0.3 is 0 Å². The van der Waals surface area contributed by atoms with Crippen molar-refractivity contribution in [1.29, 1.82) is 0 Å². The van der Waals surface area contributed by atoms with Crippen LogP contribution in [0.25, 0.3) is 0 Å². The maximum absolute atomic E-state index is 13.6. The number of halogens is 1. The van der Waals surface area contributed by atoms with Gasteiger partial charge in [-0.05, 0) is 36.6 Å². The van der Waals surface area contributed by atoms with E-state index in [9.17, 15) is 12.8 Å². The minimum atomic E-state index is -3.62. The van der Waals surface area contributed by atoms with E-state index in [0.29, 0.717) is 5.56 Å². The van der Waals surface area contributed by atoms with Gasteiger partial charge in [0.1, 0.15) is 5.82 Å². The molecule has 2 aromatic rings. The Morgan fingerprint density at radius 2 is 1.71 bits per heavy atom. The third-order valence-corrected chi connectivity index (χ3v) is 5.68. The lowest BCUT2D eigenvalue weighted by Crippen LogP contribution is -2.26. The van der Waals surface area contributed by atoms with E-state index >= 15 is 0 Å². The molecule has 0 heterocycles. The average Bonchev–Trinajstić information content (AvgIpc) is 2.49. The fraction of sp³-hybridized carbons (Fsp3) is 0.200. The van der Waals surface area contributed by atoms with E-state index in [0.717, 1.165) is 9.20 Å². The van der Waals surface area contributed by atoms with E-state index in [1.807, 2.05) is 6.26 Å². The molecule has 0 radical (unpaired) electrons. The van der Waals surface area contributed by atoms with Crippen molar-refractivity contribution in [3.05, 3.63) is 59.9 Å². The molecule has 0 aliphatic carbocycles. The van der Waals surface area contributed by atoms with E-state index in [4.69, 9.17) is 0 Å². The standard InChI is InChI=1S/C15H16FNO2S2/c1-17(11-12-5-3-4-6-15(12)16)21(18,19)14-9-7-13(20-2)8-10-14/h3-10H,11H2,1-2H3. The fourth-order valence-electron chi connectivity index (χ4n) is 1.88. The summed E-state index contributed by atoms with van der Waals surface area (Å²) in [6.45, 7) is -0.000708. The summed E-state index contributed by atoms with van der Waals surface area (Å²) in [6, 6.07) is 12.8. The van der Waals surface area contributed by atoms with Gasteiger partial charge in [0.15, 0.2) is 0 Å². The summed E-state index contributed by atoms with van der Waals surface area (Å²) >= 11 is 1.54. The van der Waals surface area contributed by atoms with Crippen molar-refractivity contribution >= 4 is 21.8 Å². The largest absolute Gasteiger partial charge is 0.243 e. The van der Waals surface area contributed by atoms with Crippen LogP contribution in [0, 0.1) is 5.82 Å². The molecule has 0 aliphatic heterocycles. The molecule has 0 bridgehead atoms. The van der Waals surface area contributed by atoms with Crippen molar-refractivity contribution in [3.8, 4) is 0 Å². The highest BCUT2D eigenvalue weighted by Crippen LogP contribution is 2.21. The molecule has 112 valence electrons. The number of benzene rings is 2. The van der Waals surface area contributed by atoms with Gasteiger partial charge < -0.3 is 0 Å². The molecule has 0 amide bonds. The van der Waals surface area contributed by atoms with Gasteiger partial charge in [-0.1, -0.05) is 18.2 Å². The Balaban J connectivity index is 2.24. The Morgan fingerprint density at radius 3 is 2.29 bits per heavy atom. The summed E-state index contributed by atoms with van der Waals surface area (Å²) in [5.41, 5.74) is 0.351. The van der Waals surface area contributed by atoms with E-state index < -0.39 is 15.8 Å². The zero-order chi connectivity index (χ0) is 15.5. The molecular formula is C15H16FNO2S2. The highest BCUT2D eigenvalue weighted by Gasteiger charge is 2.21. The van der Waals surface area contributed by atoms with Crippen molar-refractivity contribution in [2.75, 3.05) is 13.3 Å². The van der Waals surface area contributed by atoms with Crippen LogP contribution in [-0.2, 0) is 16.6 Å². The second-order valence-electron chi connectivity index (χ2n) is 4.53. The van der Waals surface area contributed by atoms with Gasteiger partial charge in [0.05, 0.1) is 4.90 Å². The second-order valence-corrected chi connectivity index (χ2v) is 7.45. The van der Waals surface area contributed by atoms with Gasteiger partial charge in [-0.2, -0.15) is 4.31 Å². The number of nitrogens with zero attached hydrogens (tertiary/aromatic N) is 1. The SMILES string of the molecule is CSc1ccc(S(=O)(=O)N(C)Cc2ccccc2F)cc1. The monoisotopic (exact) mass is 325 g/mol. The molecule has 6 heteroatoms. The summed E-state index contributed by atoms with van der Waals surface area (Å²) < 4.78 is 39.7. The molecule has 0 saturated carbocycles. The maximum atomic E-state index is 13.6. The lowest BCUT2D eigenvalue weighted by Gasteiger charge is -2.17. The van der Waals surface area contributed by atoms with Crippen LogP contribution in [0.5, 0.6) is 0 Å². The van der Waals surface area contributed by atoms with Crippen molar-refractivity contribution in [2.45, 2.75) is 16.3 Å². The summed E-state index contributed by atoms with van der Waals surface area (Å²) in [4.78, 5) is 1.20. The number of hydrogen-bond acceptors (Lipinski definition) is 3. The third kappa shape index (κ3) is 3.64. The molecule has 2 rings (SSSR count). The highest BCUT2D eigenvalue weighted by atomic mass is 32.2. The predicted octanol–water partition coefficient (Wildman–Crippen LogP) is 3.37. The minimum Gasteiger partial charge on any atom is -0.207 e. The average molecular weight is 325 g/mol. The number of hydrogen-bond donors (Lipinski definition) is 0. The summed E-state index contributed by atoms with van der Waals surface area (Å²) in [6.07, 6.45) is 1.92. The van der Waals surface area contributed by atoms with Crippen molar-refractivity contribution in [1.82, 2.24) is 4.31 Å². The Labute approximate surface area is 128 Å². The van der Waals surface area contributed by atoms with Gasteiger partial charge in [0, 0.05) is 24.1 Å². The first-order chi connectivity index (χ1) is 9.95. The van der Waals surface area contributed by atoms with Crippen molar-refractivity contribution in [2.24, 2.45) is 0 Å². The number of rotatable bonds is 5. The van der Waals surface area contributed by atoms with Crippen molar-refractivity contribution < 1.29 is 12.8 Å². The summed E-state index contributed by atoms with van der Waals surface area (Å²) in [5.74, 6) is -0.405. The van der Waals surface area contributed by atoms with Gasteiger partial charge in [0.25, 0.3) is 0 Å². The van der Waals surface area contributed by atoms with Crippen LogP contribution >= 0.6 is 11.8 Å². The van der Waals surface area contributed by atoms with Crippen molar-refractivity contribution in [3.63, 3.8) is 0 Å². The molecule has 3 nitrogen and oxygen atoms in total. The molecular weight excluding hydrogens is 309 g/mol. The Hall–Kier alpha value is -1.37. The van der Waals surface area contributed by atoms with E-state index in [2.05, 4.69) is 0 Å². The highest BCUT2D eigenvalue weighted by molar-refractivity contribution is 7.98. The summed E-state index contributed by atoms with van der Waals surface area (Å²) in [5, 5.41) is 0. The summed E-state index contributed by atoms with van der Waals surface area (Å²) in [7, 11) is -2.17. The van der Waals surface area contributed by atoms with Gasteiger partial charge in [-0.15, -0.1) is 11.8 Å². The molecule has 0 saturated heterocycles. The van der Waals surface area contributed by atoms with Gasteiger partial charge in [-0.25, -0.2) is 12.8 Å². The molecule has 0 N–H and O–H groups in total. The first-order valence-corrected chi connectivity index (χ1v) is 8.95. The lowest BCUT2D eigenvalue weighted by molar-refractivity contribution is 0.456. The number of sulfonamides is 1. The molecule has 0 atom stereocenters. The molecule has 0 fully saturated rings. The van der Waals surface area contributed by atoms with E-state index in [-0.39, 0.29) is 11.4 Å². The minimum absolute atomic E-state index is 0.000708. The number of thioether (sulfide) groups is 1. The van der Waals surface area contributed by atoms with Crippen LogP contribution in [0.4, 0.5) is 4.39 Å². The lowest BCUT2D eigenvalue weighted by atomic mass is 10.2. The molecule has 0 unspecified atom stereocenters. The maximum Gasteiger partial charge on any atom is 0.243 e. The first kappa shape index (κ1) is 16.0. The van der Waals surface area contributed by atoms with E-state index in [1.54, 1.807) is 54.2 Å². The van der Waals surface area contributed by atoms with Crippen LogP contribution in [0.3, 0.4) is 0 Å². The van der Waals surface area contributed by atoms with Gasteiger partial charge in [-0.3, -0.25) is 0 Å². The third-order valence-electron chi connectivity index (χ3n) is 3.12. The topological polar surface area (TPSA) is 37.4 Å². The fourth-order valence-corrected chi connectivity index (χ4v) is 3.44. The Kier molecular flexibility index (Phi) is 5.03. The van der Waals surface area contributed by atoms with Crippen LogP contribution in [0.1, 0.15) is 5.56 Å². The molecule has 0 aromatic heterocycles. The van der Waals surface area contributed by atoms with Gasteiger partial charge in [0.2, 0.25) is 10.0 Å². The smallest absolute Gasteiger partial charge is 0.207 e. The molecule has 0 spiro atoms. The molecule has 21 heavy (non-hydrogen) atoms. The Bertz CT molecular complexity index is 715. The second kappa shape index (κ2) is 6.60. The molecule has 2 aromatic carbocycles. The first-order valence-electron chi connectivity index (χ1n) is 6.29. The van der Waals surface area contributed by atoms with Crippen LogP contribution in [0.15, 0.2) is 58.3 Å².